The number of unbranched alkanes of at least 4 members (excludes halogenated alkanes) is 9. The number of carbonyl (C=O) groups excluding carboxylic acids is 1. The first-order chi connectivity index (χ1) is 18.6. The van der Waals surface area contributed by atoms with Gasteiger partial charge in [-0.3, -0.25) is 4.79 Å². The van der Waals surface area contributed by atoms with E-state index >= 15 is 0 Å². The molecule has 0 aromatic heterocycles. The third-order valence-corrected chi connectivity index (χ3v) is 7.79. The minimum Gasteiger partial charge on any atom is -0.493 e. The van der Waals surface area contributed by atoms with Gasteiger partial charge in [-0.15, -0.1) is 11.8 Å². The number of rotatable bonds is 18. The Labute approximate surface area is 234 Å². The number of ether oxygens (including phenoxy) is 2. The van der Waals surface area contributed by atoms with E-state index in [1.54, 1.807) is 7.11 Å². The minimum absolute atomic E-state index is 0.0413. The highest BCUT2D eigenvalue weighted by atomic mass is 32.2. The van der Waals surface area contributed by atoms with Gasteiger partial charge in [0.15, 0.2) is 11.5 Å². The molecule has 1 amide bonds. The predicted octanol–water partition coefficient (Wildman–Crippen LogP) is 8.54. The summed E-state index contributed by atoms with van der Waals surface area (Å²) in [6.07, 6.45) is 15.4. The van der Waals surface area contributed by atoms with E-state index in [0.717, 1.165) is 30.1 Å². The van der Waals surface area contributed by atoms with Crippen LogP contribution in [0, 0.1) is 0 Å². The summed E-state index contributed by atoms with van der Waals surface area (Å²) in [4.78, 5) is 16.4. The fraction of sp³-hybridized carbons (Fsp3) is 0.531. The van der Waals surface area contributed by atoms with Crippen LogP contribution in [0.4, 0.5) is 5.69 Å². The third-order valence-electron chi connectivity index (χ3n) is 6.77. The summed E-state index contributed by atoms with van der Waals surface area (Å²) in [5.41, 5.74) is 2.92. The summed E-state index contributed by atoms with van der Waals surface area (Å²) >= 11 is 1.85. The maximum Gasteiger partial charge on any atom is 0.228 e. The van der Waals surface area contributed by atoms with Crippen molar-refractivity contribution in [1.29, 1.82) is 0 Å². The molecule has 0 saturated carbocycles. The lowest BCUT2D eigenvalue weighted by Gasteiger charge is -2.15. The summed E-state index contributed by atoms with van der Waals surface area (Å²) in [6, 6.07) is 13.9. The number of nitrogens with zero attached hydrogens (tertiary/aromatic N) is 1. The van der Waals surface area contributed by atoms with Crippen LogP contribution in [0.25, 0.3) is 0 Å². The highest BCUT2D eigenvalue weighted by molar-refractivity contribution is 8.03. The average Bonchev–Trinajstić information content (AvgIpc) is 3.31. The van der Waals surface area contributed by atoms with E-state index in [4.69, 9.17) is 9.47 Å². The highest BCUT2D eigenvalue weighted by Gasteiger charge is 2.12. The molecule has 0 radical (unpaired) electrons. The topological polar surface area (TPSA) is 50.8 Å². The number of amides is 1. The van der Waals surface area contributed by atoms with Gasteiger partial charge in [0.05, 0.1) is 26.0 Å². The zero-order chi connectivity index (χ0) is 27.0. The highest BCUT2D eigenvalue weighted by Crippen LogP contribution is 2.29. The first kappa shape index (κ1) is 29.9. The van der Waals surface area contributed by atoms with E-state index in [1.807, 2.05) is 42.1 Å². The quantitative estimate of drug-likeness (QED) is 0.193. The van der Waals surface area contributed by atoms with Gasteiger partial charge in [0.25, 0.3) is 0 Å². The van der Waals surface area contributed by atoms with Crippen LogP contribution in [0.5, 0.6) is 11.5 Å². The Hall–Kier alpha value is -2.60. The van der Waals surface area contributed by atoms with E-state index in [1.165, 1.54) is 68.3 Å². The molecule has 38 heavy (non-hydrogen) atoms. The number of benzene rings is 2. The molecule has 6 heteroatoms. The molecule has 0 bridgehead atoms. The van der Waals surface area contributed by atoms with Gasteiger partial charge in [0.1, 0.15) is 0 Å². The summed E-state index contributed by atoms with van der Waals surface area (Å²) in [7, 11) is 1.65. The molecule has 0 unspecified atom stereocenters. The fourth-order valence-electron chi connectivity index (χ4n) is 4.70. The molecule has 3 rings (SSSR count). The molecule has 0 fully saturated rings. The van der Waals surface area contributed by atoms with E-state index in [2.05, 4.69) is 42.4 Å². The molecule has 1 N–H and O–H groups in total. The fourth-order valence-corrected chi connectivity index (χ4v) is 5.45. The van der Waals surface area contributed by atoms with Crippen LogP contribution in [0.2, 0.25) is 0 Å². The van der Waals surface area contributed by atoms with Crippen molar-refractivity contribution in [1.82, 2.24) is 4.90 Å². The summed E-state index contributed by atoms with van der Waals surface area (Å²) in [5, 5.41) is 3.05. The Bertz CT molecular complexity index is 1020. The molecule has 1 aliphatic heterocycles. The lowest BCUT2D eigenvalue weighted by molar-refractivity contribution is -0.115. The Morgan fingerprint density at radius 1 is 0.921 bits per heavy atom. The maximum absolute atomic E-state index is 12.8. The lowest BCUT2D eigenvalue weighted by Crippen LogP contribution is -2.16. The third kappa shape index (κ3) is 11.0. The summed E-state index contributed by atoms with van der Waals surface area (Å²) in [5.74, 6) is 2.35. The summed E-state index contributed by atoms with van der Waals surface area (Å²) < 4.78 is 11.5. The zero-order valence-electron chi connectivity index (χ0n) is 23.6. The van der Waals surface area contributed by atoms with Crippen LogP contribution in [-0.4, -0.2) is 30.4 Å². The molecule has 0 saturated heterocycles. The van der Waals surface area contributed by atoms with Crippen molar-refractivity contribution in [3.63, 3.8) is 0 Å². The number of methoxy groups -OCH3 is 1. The Morgan fingerprint density at radius 2 is 1.66 bits per heavy atom. The van der Waals surface area contributed by atoms with Crippen molar-refractivity contribution in [3.05, 3.63) is 64.7 Å². The number of nitrogens with one attached hydrogen (secondary N) is 1. The molecule has 1 aliphatic rings. The van der Waals surface area contributed by atoms with Gasteiger partial charge in [-0.05, 0) is 53.6 Å². The molecular formula is C32H46N2O3S. The number of anilines is 1. The van der Waals surface area contributed by atoms with Gasteiger partial charge in [-0.2, -0.15) is 0 Å². The van der Waals surface area contributed by atoms with Crippen molar-refractivity contribution in [2.75, 3.05) is 24.9 Å². The second kappa shape index (κ2) is 17.1. The van der Waals surface area contributed by atoms with Crippen molar-refractivity contribution < 1.29 is 14.3 Å². The molecule has 0 spiro atoms. The Kier molecular flexibility index (Phi) is 13.5. The van der Waals surface area contributed by atoms with Gasteiger partial charge < -0.3 is 19.7 Å². The van der Waals surface area contributed by atoms with Crippen molar-refractivity contribution in [2.24, 2.45) is 0 Å². The molecule has 2 aromatic rings. The van der Waals surface area contributed by atoms with Crippen LogP contribution >= 0.6 is 11.8 Å². The molecule has 1 heterocycles. The number of carbonyl (C=O) groups is 1. The van der Waals surface area contributed by atoms with Crippen LogP contribution < -0.4 is 14.8 Å². The smallest absolute Gasteiger partial charge is 0.228 e. The zero-order valence-corrected chi connectivity index (χ0v) is 24.4. The SMILES string of the molecule is CCCCCCCCCCCCOc1cc(CC(=O)Nc2cccc(CN3C=C(C)SC3)c2)ccc1OC. The molecule has 0 atom stereocenters. The Balaban J connectivity index is 1.40. The van der Waals surface area contributed by atoms with Crippen LogP contribution in [0.15, 0.2) is 53.6 Å². The van der Waals surface area contributed by atoms with Crippen molar-refractivity contribution in [2.45, 2.75) is 91.0 Å². The van der Waals surface area contributed by atoms with Crippen LogP contribution in [0.1, 0.15) is 89.2 Å². The van der Waals surface area contributed by atoms with Gasteiger partial charge in [0, 0.05) is 18.4 Å². The molecule has 208 valence electrons. The van der Waals surface area contributed by atoms with Gasteiger partial charge >= 0.3 is 0 Å². The van der Waals surface area contributed by atoms with Crippen LogP contribution in [0.3, 0.4) is 0 Å². The molecular weight excluding hydrogens is 492 g/mol. The Morgan fingerprint density at radius 3 is 2.34 bits per heavy atom. The minimum atomic E-state index is -0.0413. The number of thioether (sulfide) groups is 1. The van der Waals surface area contributed by atoms with Gasteiger partial charge in [0.2, 0.25) is 5.91 Å². The number of hydrogen-bond acceptors (Lipinski definition) is 5. The predicted molar refractivity (Wildman–Crippen MR) is 161 cm³/mol. The normalized spacial score (nSPS) is 12.9. The average molecular weight is 539 g/mol. The van der Waals surface area contributed by atoms with Gasteiger partial charge in [-0.1, -0.05) is 82.9 Å². The molecule has 5 nitrogen and oxygen atoms in total. The van der Waals surface area contributed by atoms with E-state index < -0.39 is 0 Å². The monoisotopic (exact) mass is 538 g/mol. The number of allylic oxidation sites excluding steroid dienone is 1. The van der Waals surface area contributed by atoms with E-state index in [-0.39, 0.29) is 12.3 Å². The number of hydrogen-bond donors (Lipinski definition) is 1. The van der Waals surface area contributed by atoms with Crippen molar-refractivity contribution in [3.8, 4) is 11.5 Å². The van der Waals surface area contributed by atoms with E-state index in [0.29, 0.717) is 18.1 Å². The second-order valence-electron chi connectivity index (χ2n) is 10.2. The lowest BCUT2D eigenvalue weighted by atomic mass is 10.1. The van der Waals surface area contributed by atoms with E-state index in [9.17, 15) is 4.79 Å². The van der Waals surface area contributed by atoms with Crippen molar-refractivity contribution >= 4 is 23.4 Å². The maximum atomic E-state index is 12.8. The van der Waals surface area contributed by atoms with Crippen LogP contribution in [-0.2, 0) is 17.8 Å². The summed E-state index contributed by atoms with van der Waals surface area (Å²) in [6.45, 7) is 5.90. The largest absolute Gasteiger partial charge is 0.493 e. The molecule has 2 aromatic carbocycles. The first-order valence-electron chi connectivity index (χ1n) is 14.3. The molecule has 0 aliphatic carbocycles. The second-order valence-corrected chi connectivity index (χ2v) is 11.4. The van der Waals surface area contributed by atoms with Gasteiger partial charge in [-0.25, -0.2) is 0 Å². The first-order valence-corrected chi connectivity index (χ1v) is 15.3. The standard InChI is InChI=1S/C32H46N2O3S/c1-4-5-6-7-8-9-10-11-12-13-19-37-31-21-27(17-18-30(31)36-3)22-32(35)33-29-16-14-15-28(20-29)24-34-23-26(2)38-25-34/h14-18,20-21,23H,4-13,19,22,24-25H2,1-3H3,(H,33,35).